The van der Waals surface area contributed by atoms with Crippen molar-refractivity contribution in [3.63, 3.8) is 0 Å². The van der Waals surface area contributed by atoms with Gasteiger partial charge in [-0.25, -0.2) is 8.42 Å². The Morgan fingerprint density at radius 2 is 0.937 bits per heavy atom. The lowest BCUT2D eigenvalue weighted by atomic mass is 9.99. The van der Waals surface area contributed by atoms with Crippen LogP contribution in [0.2, 0.25) is 0 Å². The van der Waals surface area contributed by atoms with Gasteiger partial charge in [-0.15, -0.1) is 13.1 Å². The summed E-state index contributed by atoms with van der Waals surface area (Å²) in [6.45, 7) is 31.0. The van der Waals surface area contributed by atoms with E-state index in [1.165, 1.54) is 266 Å². The number of rotatable bonds is 26. The number of nitrogens with one attached hydrogen (secondary N) is 1. The van der Waals surface area contributed by atoms with Crippen molar-refractivity contribution in [2.24, 2.45) is 7.05 Å². The van der Waals surface area contributed by atoms with E-state index in [2.05, 4.69) is 327 Å². The monoisotopic (exact) mass is 1800 g/mol. The van der Waals surface area contributed by atoms with Crippen molar-refractivity contribution in [3.8, 4) is 15.5 Å². The Morgan fingerprint density at radius 1 is 0.460 bits per heavy atom. The van der Waals surface area contributed by atoms with Crippen LogP contribution in [0, 0.1) is 0 Å². The lowest BCUT2D eigenvalue weighted by Gasteiger charge is -2.40. The van der Waals surface area contributed by atoms with Gasteiger partial charge in [-0.1, -0.05) is 187 Å². The van der Waals surface area contributed by atoms with Crippen LogP contribution in [0.5, 0.6) is 5.75 Å². The van der Waals surface area contributed by atoms with Crippen molar-refractivity contribution in [3.05, 3.63) is 271 Å². The SMILES string of the molecule is CCCCCN1CCN(C)CC1.CC[N-]CCCCCN1CCC(N2CCCCC2)CC1.CC[N-]CCCCCN1CCN(c2ccccc2)CC1.C[S+](c1ccccc1)c1ccccc1.Cn1cc([S+]2CCCC2)c2ccccc21.O=S(=O)([O-])C1CCNCC1.Oc1ccc(-[s+]2c3ccccc3c3ccccc32)cc1.c1ccc(-[s+]2ccc3ccccc32)cc1. The molecule has 18 rings (SSSR count). The van der Waals surface area contributed by atoms with Gasteiger partial charge in [0.2, 0.25) is 0 Å². The van der Waals surface area contributed by atoms with Crippen molar-refractivity contribution in [2.75, 3.05) is 167 Å². The largest absolute Gasteiger partial charge is 0.748 e. The molecule has 0 spiro atoms. The van der Waals surface area contributed by atoms with E-state index in [0.29, 0.717) is 42.6 Å². The number of piperazine rings is 2. The number of hydrogen-bond donors (Lipinski definition) is 2. The van der Waals surface area contributed by atoms with Gasteiger partial charge >= 0.3 is 0 Å². The molecule has 6 aliphatic rings. The lowest BCUT2D eigenvalue weighted by molar-refractivity contribution is 0.0918. The number of para-hydroxylation sites is 2. The number of aryl methyl sites for hydroxylation is 1. The number of unbranched alkanes of at least 4 members (excludes halogenated alkanes) is 6. The Morgan fingerprint density at radius 3 is 1.47 bits per heavy atom. The summed E-state index contributed by atoms with van der Waals surface area (Å²) in [4.78, 5) is 22.6. The zero-order chi connectivity index (χ0) is 88.2. The van der Waals surface area contributed by atoms with Gasteiger partial charge in [-0.05, 0) is 246 Å². The third-order valence-electron chi connectivity index (χ3n) is 24.9. The zero-order valence-corrected chi connectivity index (χ0v) is 80.8. The number of anilines is 1. The van der Waals surface area contributed by atoms with E-state index in [9.17, 15) is 18.1 Å². The van der Waals surface area contributed by atoms with Crippen LogP contribution in [0.4, 0.5) is 5.69 Å². The number of aromatic hydroxyl groups is 1. The fraction of sp³-hybridized carbons (Fsp3) is 0.458. The van der Waals surface area contributed by atoms with Gasteiger partial charge in [0.1, 0.15) is 28.9 Å². The number of likely N-dealkylation sites (N-methyl/N-ethyl adjacent to an activating group) is 1. The van der Waals surface area contributed by atoms with Crippen LogP contribution in [0.15, 0.2) is 275 Å². The number of phenols is 1. The molecular formula is C107H147N10O4S5+. The second kappa shape index (κ2) is 55.6. The standard InChI is InChI=1S/C18H12OS.C17H34N3.C17H28N3.C14H11S.C13H16NS.C13H13S.C10H22N2.C5H11NO3S/c19-13-9-11-14(12-10-13)20-17-7-3-1-5-15(17)16-6-2-4-8-18(16)20;1-2-18-11-5-3-6-12-19-15-9-17(10-16-19)20-13-7-4-8-14-20;1-2-18-11-7-4-8-12-19-13-15-20(16-14-19)17-9-5-3-6-10-17;1-2-7-13(8-3-1)15-11-10-12-6-4-5-9-14(12)15;1-14-10-13(15-8-4-5-9-15)11-6-2-3-7-12(11)14;1-14(12-8-4-2-5-9-12)13-10-6-3-7-11-13;1-3-4-5-6-12-9-7-11(2)8-10-12;7-10(8,9)5-1-3-6-4-2-5/h1-12H;17H,2-16H2,1H3;3,5-6,9-10H,2,4,7-8,11-16H2,1H3;1-11H;2-3,6-7,10H,4-5,8-9H2,1H3;2-11H,1H3;3-10H2,1-2H3;5-6H,1-4H2,(H,7,8,9)/q;2*-1;3*+1;;. The molecule has 2 N–H and O–H groups in total. The molecule has 0 radical (unpaired) electrons. The molecule has 19 heteroatoms. The van der Waals surface area contributed by atoms with Crippen LogP contribution in [-0.4, -0.2) is 221 Å². The molecule has 14 nitrogen and oxygen atoms in total. The summed E-state index contributed by atoms with van der Waals surface area (Å²) in [6.07, 6.45) is 27.6. The van der Waals surface area contributed by atoms with Crippen molar-refractivity contribution in [2.45, 2.75) is 162 Å². The molecule has 6 saturated heterocycles. The smallest absolute Gasteiger partial charge is 0.187 e. The Hall–Kier alpha value is -7.41. The molecule has 0 saturated carbocycles. The summed E-state index contributed by atoms with van der Waals surface area (Å²) in [5.74, 6) is 3.14. The number of thiophene rings is 2. The van der Waals surface area contributed by atoms with E-state index in [1.54, 1.807) is 17.0 Å². The zero-order valence-electron chi connectivity index (χ0n) is 76.7. The molecule has 9 aromatic carbocycles. The van der Waals surface area contributed by atoms with Gasteiger partial charge < -0.3 is 54.7 Å². The van der Waals surface area contributed by atoms with Gasteiger partial charge in [0, 0.05) is 137 Å². The molecule has 0 amide bonds. The van der Waals surface area contributed by atoms with E-state index >= 15 is 0 Å². The van der Waals surface area contributed by atoms with Crippen molar-refractivity contribution in [1.29, 1.82) is 0 Å². The highest BCUT2D eigenvalue weighted by molar-refractivity contribution is 7.97. The molecule has 12 aromatic rings. The first-order chi connectivity index (χ1) is 61.8. The number of fused-ring (bicyclic) bond motifs is 5. The average molecular weight is 1800 g/mol. The number of piperidine rings is 3. The summed E-state index contributed by atoms with van der Waals surface area (Å²) < 4.78 is 37.7. The highest BCUT2D eigenvalue weighted by atomic mass is 32.2. The molecule has 6 fully saturated rings. The predicted octanol–water partition coefficient (Wildman–Crippen LogP) is 23.9. The second-order valence-corrected chi connectivity index (χ2v) is 43.6. The number of aromatic nitrogens is 1. The molecule has 0 aliphatic carbocycles. The van der Waals surface area contributed by atoms with Gasteiger partial charge in [0.15, 0.2) is 38.6 Å². The third kappa shape index (κ3) is 32.3. The first kappa shape index (κ1) is 99.2. The maximum atomic E-state index is 10.4. The van der Waals surface area contributed by atoms with Gasteiger partial charge in [0.25, 0.3) is 0 Å². The number of hydrogen-bond acceptors (Lipinski definition) is 11. The first-order valence-electron chi connectivity index (χ1n) is 47.3. The molecule has 126 heavy (non-hydrogen) atoms. The van der Waals surface area contributed by atoms with Crippen LogP contribution < -0.4 is 10.2 Å². The minimum absolute atomic E-state index is 0.0599. The summed E-state index contributed by atoms with van der Waals surface area (Å²) in [7, 11) is 1.19. The van der Waals surface area contributed by atoms with E-state index in [-0.39, 0.29) is 31.8 Å². The maximum Gasteiger partial charge on any atom is 0.187 e. The summed E-state index contributed by atoms with van der Waals surface area (Å²) in [5.41, 5.74) is 2.75. The third-order valence-corrected chi connectivity index (χ3v) is 35.0. The molecule has 1 atom stereocenters. The molecule has 0 bridgehead atoms. The quantitative estimate of drug-likeness (QED) is 0.0304. The van der Waals surface area contributed by atoms with E-state index < -0.39 is 15.4 Å². The van der Waals surface area contributed by atoms with Crippen LogP contribution in [0.25, 0.3) is 61.6 Å². The molecule has 3 aromatic heterocycles. The molecular weight excluding hydrogens is 1650 g/mol. The summed E-state index contributed by atoms with van der Waals surface area (Å²) in [6, 6.07) is 88.1. The van der Waals surface area contributed by atoms with Crippen LogP contribution in [-0.2, 0) is 39.0 Å². The number of phenolic OH excluding ortho intramolecular Hbond substituents is 1. The minimum Gasteiger partial charge on any atom is -0.748 e. The molecule has 6 aliphatic heterocycles. The van der Waals surface area contributed by atoms with Crippen molar-refractivity contribution < 1.29 is 18.1 Å². The van der Waals surface area contributed by atoms with Gasteiger partial charge in [-0.2, -0.15) is 13.1 Å². The van der Waals surface area contributed by atoms with Crippen LogP contribution in [0.1, 0.15) is 136 Å². The maximum absolute atomic E-state index is 10.4. The Balaban J connectivity index is 0.000000141. The lowest BCUT2D eigenvalue weighted by Crippen LogP contribution is -2.46. The van der Waals surface area contributed by atoms with E-state index in [0.717, 1.165) is 45.3 Å². The highest BCUT2D eigenvalue weighted by Gasteiger charge is 2.31. The summed E-state index contributed by atoms with van der Waals surface area (Å²) >= 11 is 0. The molecule has 9 heterocycles. The normalized spacial score (nSPS) is 16.6. The number of benzene rings is 9. The van der Waals surface area contributed by atoms with Gasteiger partial charge in [-0.3, -0.25) is 4.90 Å². The fourth-order valence-corrected chi connectivity index (χ4v) is 26.5. The van der Waals surface area contributed by atoms with Gasteiger partial charge in [0.05, 0.1) is 43.4 Å². The number of likely N-dealkylation sites (tertiary alicyclic amines) is 2. The first-order valence-corrected chi connectivity index (χ1v) is 54.5. The van der Waals surface area contributed by atoms with Crippen molar-refractivity contribution >= 4 is 99.7 Å². The Bertz CT molecular complexity index is 4940. The number of nitrogens with zero attached hydrogens (tertiary/aromatic N) is 9. The predicted molar refractivity (Wildman–Crippen MR) is 549 cm³/mol. The van der Waals surface area contributed by atoms with Crippen LogP contribution >= 0.6 is 20.9 Å². The molecule has 678 valence electrons. The van der Waals surface area contributed by atoms with E-state index in [4.69, 9.17) is 0 Å². The van der Waals surface area contributed by atoms with E-state index in [1.807, 2.05) is 12.1 Å². The second-order valence-electron chi connectivity index (χ2n) is 33.9. The highest BCUT2D eigenvalue weighted by Crippen LogP contribution is 2.48. The Labute approximate surface area is 769 Å². The topological polar surface area (TPSA) is 142 Å². The average Bonchev–Trinajstić information content (AvgIpc) is 1.61. The van der Waals surface area contributed by atoms with Crippen LogP contribution in [0.3, 0.4) is 0 Å². The fourth-order valence-electron chi connectivity index (χ4n) is 17.5. The Kier molecular flexibility index (Phi) is 43.7. The molecule has 1 unspecified atom stereocenters. The minimum atomic E-state index is -4.02. The summed E-state index contributed by atoms with van der Waals surface area (Å²) in [5, 5.41) is 28.4. The van der Waals surface area contributed by atoms with Crippen molar-refractivity contribution in [1.82, 2.24) is 34.4 Å².